The van der Waals surface area contributed by atoms with Crippen LogP contribution in [0.5, 0.6) is 17.5 Å². The van der Waals surface area contributed by atoms with Gasteiger partial charge in [-0.25, -0.2) is 0 Å². The third-order valence-corrected chi connectivity index (χ3v) is 8.07. The Morgan fingerprint density at radius 1 is 0.892 bits per heavy atom. The molecule has 1 saturated heterocycles. The van der Waals surface area contributed by atoms with Crippen LogP contribution in [0.15, 0.2) is 66.7 Å². The van der Waals surface area contributed by atoms with Gasteiger partial charge in [0.2, 0.25) is 11.8 Å². The average Bonchev–Trinajstić information content (AvgIpc) is 3.53. The quantitative estimate of drug-likeness (QED) is 0.282. The van der Waals surface area contributed by atoms with Gasteiger partial charge in [-0.15, -0.1) is 0 Å². The zero-order valence-electron chi connectivity index (χ0n) is 20.9. The number of aromatic hydroxyl groups is 2. The van der Waals surface area contributed by atoms with Crippen molar-refractivity contribution in [3.05, 3.63) is 83.4 Å². The SMILES string of the molecule is CCCC[C@@]12CC[C@@](CCOc3ccccc3)(O1)c1c2c(O)n(-c2ccc(C#N)c3ccccc23)c1O. The maximum atomic E-state index is 11.7. The number of nitrogens with zero attached hydrogens (tertiary/aromatic N) is 2. The summed E-state index contributed by atoms with van der Waals surface area (Å²) in [4.78, 5) is 0. The standard InChI is InChI=1S/C31H30N2O4/c1-2-3-15-30-16-17-31(37-30,18-19-36-22-9-5-4-6-10-22)27-26(30)28(34)33(29(27)35)25-14-13-21(20-32)23-11-7-8-12-24(23)25/h4-14,34-35H,2-3,15-19H2,1H3/t30-,31-/m0/s1. The van der Waals surface area contributed by atoms with Crippen LogP contribution in [0.4, 0.5) is 0 Å². The van der Waals surface area contributed by atoms with Gasteiger partial charge in [0.15, 0.2) is 0 Å². The number of benzene rings is 3. The van der Waals surface area contributed by atoms with E-state index in [1.807, 2.05) is 54.6 Å². The summed E-state index contributed by atoms with van der Waals surface area (Å²) < 4.78 is 14.4. The molecule has 2 bridgehead atoms. The molecule has 6 heteroatoms. The molecule has 0 radical (unpaired) electrons. The van der Waals surface area contributed by atoms with Gasteiger partial charge < -0.3 is 19.7 Å². The zero-order chi connectivity index (χ0) is 25.6. The molecule has 0 aliphatic carbocycles. The number of rotatable bonds is 8. The molecule has 6 nitrogen and oxygen atoms in total. The van der Waals surface area contributed by atoms with Crippen LogP contribution in [-0.4, -0.2) is 21.4 Å². The van der Waals surface area contributed by atoms with E-state index in [4.69, 9.17) is 9.47 Å². The molecule has 1 fully saturated rings. The molecule has 3 heterocycles. The molecule has 0 amide bonds. The van der Waals surface area contributed by atoms with Gasteiger partial charge in [-0.3, -0.25) is 4.57 Å². The summed E-state index contributed by atoms with van der Waals surface area (Å²) in [6.45, 7) is 2.58. The van der Waals surface area contributed by atoms with E-state index in [9.17, 15) is 15.5 Å². The van der Waals surface area contributed by atoms with Crippen molar-refractivity contribution in [2.45, 2.75) is 56.7 Å². The second-order valence-corrected chi connectivity index (χ2v) is 10.1. The lowest BCUT2D eigenvalue weighted by Crippen LogP contribution is -2.26. The minimum Gasteiger partial charge on any atom is -0.494 e. The van der Waals surface area contributed by atoms with E-state index in [-0.39, 0.29) is 11.8 Å². The molecule has 188 valence electrons. The predicted molar refractivity (Wildman–Crippen MR) is 141 cm³/mol. The first-order chi connectivity index (χ1) is 18.0. The molecule has 0 spiro atoms. The molecule has 3 aromatic carbocycles. The van der Waals surface area contributed by atoms with Gasteiger partial charge in [0.1, 0.15) is 17.0 Å². The fraction of sp³-hybridized carbons (Fsp3) is 0.323. The van der Waals surface area contributed by atoms with Crippen molar-refractivity contribution < 1.29 is 19.7 Å². The lowest BCUT2D eigenvalue weighted by Gasteiger charge is -2.27. The third-order valence-electron chi connectivity index (χ3n) is 8.07. The molecule has 0 saturated carbocycles. The highest BCUT2D eigenvalue weighted by molar-refractivity contribution is 5.95. The molecule has 2 atom stereocenters. The van der Waals surface area contributed by atoms with Crippen LogP contribution >= 0.6 is 0 Å². The van der Waals surface area contributed by atoms with Crippen molar-refractivity contribution in [3.8, 4) is 29.3 Å². The molecule has 1 aromatic heterocycles. The first kappa shape index (κ1) is 23.4. The highest BCUT2D eigenvalue weighted by Gasteiger charge is 2.63. The minimum atomic E-state index is -0.729. The van der Waals surface area contributed by atoms with Gasteiger partial charge in [-0.2, -0.15) is 5.26 Å². The maximum Gasteiger partial charge on any atom is 0.205 e. The van der Waals surface area contributed by atoms with E-state index in [2.05, 4.69) is 13.0 Å². The van der Waals surface area contributed by atoms with Crippen molar-refractivity contribution in [1.29, 1.82) is 5.26 Å². The fourth-order valence-corrected chi connectivity index (χ4v) is 6.36. The van der Waals surface area contributed by atoms with Gasteiger partial charge in [0.05, 0.1) is 35.1 Å². The topological polar surface area (TPSA) is 87.6 Å². The van der Waals surface area contributed by atoms with Gasteiger partial charge in [0, 0.05) is 17.2 Å². The molecule has 37 heavy (non-hydrogen) atoms. The Balaban J connectivity index is 1.47. The molecule has 0 unspecified atom stereocenters. The first-order valence-electron chi connectivity index (χ1n) is 13.0. The lowest BCUT2D eigenvalue weighted by molar-refractivity contribution is -0.101. The van der Waals surface area contributed by atoms with Gasteiger partial charge in [0.25, 0.3) is 0 Å². The van der Waals surface area contributed by atoms with Gasteiger partial charge in [-0.05, 0) is 43.5 Å². The van der Waals surface area contributed by atoms with Crippen LogP contribution in [-0.2, 0) is 15.9 Å². The number of aromatic nitrogens is 1. The molecule has 4 aromatic rings. The largest absolute Gasteiger partial charge is 0.494 e. The highest BCUT2D eigenvalue weighted by atomic mass is 16.5. The van der Waals surface area contributed by atoms with Crippen LogP contribution in [0.1, 0.15) is 62.1 Å². The number of hydrogen-bond acceptors (Lipinski definition) is 5. The molecule has 2 aliphatic heterocycles. The second-order valence-electron chi connectivity index (χ2n) is 10.1. The number of hydrogen-bond donors (Lipinski definition) is 2. The maximum absolute atomic E-state index is 11.7. The Bertz CT molecular complexity index is 1520. The van der Waals surface area contributed by atoms with E-state index >= 15 is 0 Å². The predicted octanol–water partition coefficient (Wildman–Crippen LogP) is 6.79. The Kier molecular flexibility index (Phi) is 5.62. The average molecular weight is 495 g/mol. The number of fused-ring (bicyclic) bond motifs is 6. The summed E-state index contributed by atoms with van der Waals surface area (Å²) in [6.07, 6.45) is 4.86. The molecule has 2 aliphatic rings. The fourth-order valence-electron chi connectivity index (χ4n) is 6.36. The Morgan fingerprint density at radius 2 is 1.54 bits per heavy atom. The summed E-state index contributed by atoms with van der Waals surface area (Å²) in [5.74, 6) is 0.810. The van der Waals surface area contributed by atoms with Crippen LogP contribution in [0, 0.1) is 11.3 Å². The number of para-hydroxylation sites is 1. The van der Waals surface area contributed by atoms with E-state index in [1.54, 1.807) is 12.1 Å². The molecular weight excluding hydrogens is 464 g/mol. The van der Waals surface area contributed by atoms with Crippen molar-refractivity contribution >= 4 is 10.8 Å². The minimum absolute atomic E-state index is 0.000135. The Hall–Kier alpha value is -3.95. The monoisotopic (exact) mass is 494 g/mol. The summed E-state index contributed by atoms with van der Waals surface area (Å²) in [6, 6.07) is 23.0. The summed E-state index contributed by atoms with van der Waals surface area (Å²) in [5.41, 5.74) is 1.21. The highest BCUT2D eigenvalue weighted by Crippen LogP contribution is 2.67. The van der Waals surface area contributed by atoms with E-state index < -0.39 is 11.2 Å². The zero-order valence-corrected chi connectivity index (χ0v) is 20.9. The molecular formula is C31H30N2O4. The van der Waals surface area contributed by atoms with Crippen LogP contribution < -0.4 is 4.74 Å². The first-order valence-corrected chi connectivity index (χ1v) is 13.0. The van der Waals surface area contributed by atoms with E-state index in [1.165, 1.54) is 4.57 Å². The van der Waals surface area contributed by atoms with Gasteiger partial charge >= 0.3 is 0 Å². The number of unbranched alkanes of at least 4 members (excludes halogenated alkanes) is 1. The number of ether oxygens (including phenoxy) is 2. The summed E-state index contributed by atoms with van der Waals surface area (Å²) in [5, 5.41) is 34.6. The van der Waals surface area contributed by atoms with E-state index in [0.29, 0.717) is 35.4 Å². The summed E-state index contributed by atoms with van der Waals surface area (Å²) in [7, 11) is 0. The Labute approximate surface area is 216 Å². The molecule has 6 rings (SSSR count). The van der Waals surface area contributed by atoms with Crippen molar-refractivity contribution in [2.75, 3.05) is 6.61 Å². The van der Waals surface area contributed by atoms with Crippen molar-refractivity contribution in [3.63, 3.8) is 0 Å². The van der Waals surface area contributed by atoms with E-state index in [0.717, 1.165) is 48.6 Å². The normalized spacial score (nSPS) is 21.7. The van der Waals surface area contributed by atoms with Crippen molar-refractivity contribution in [2.24, 2.45) is 0 Å². The van der Waals surface area contributed by atoms with Crippen LogP contribution in [0.25, 0.3) is 16.5 Å². The third kappa shape index (κ3) is 3.49. The van der Waals surface area contributed by atoms with Gasteiger partial charge in [-0.1, -0.05) is 62.2 Å². The lowest BCUT2D eigenvalue weighted by atomic mass is 9.75. The summed E-state index contributed by atoms with van der Waals surface area (Å²) >= 11 is 0. The van der Waals surface area contributed by atoms with Crippen molar-refractivity contribution in [1.82, 2.24) is 4.57 Å². The second kappa shape index (κ2) is 8.86. The molecule has 2 N–H and O–H groups in total. The van der Waals surface area contributed by atoms with Crippen LogP contribution in [0.2, 0.25) is 0 Å². The number of nitriles is 1. The smallest absolute Gasteiger partial charge is 0.205 e. The Morgan fingerprint density at radius 3 is 2.22 bits per heavy atom. The van der Waals surface area contributed by atoms with Crippen LogP contribution in [0.3, 0.4) is 0 Å².